The van der Waals surface area contributed by atoms with Crippen molar-refractivity contribution in [1.82, 2.24) is 10.2 Å². The van der Waals surface area contributed by atoms with Crippen LogP contribution in [0.4, 0.5) is 0 Å². The summed E-state index contributed by atoms with van der Waals surface area (Å²) in [6.07, 6.45) is 5.81. The second-order valence-corrected chi connectivity index (χ2v) is 6.43. The molecule has 0 radical (unpaired) electrons. The molecule has 1 saturated heterocycles. The number of nitrogens with zero attached hydrogens (tertiary/aromatic N) is 1. The van der Waals surface area contributed by atoms with Crippen molar-refractivity contribution < 1.29 is 14.7 Å². The standard InChI is InChI=1S/C16H28N2O3/c1-2-5-15(20)18-9-4-7-13(11-18)16(21)17-10-12-6-3-8-14(12)19/h12-14,19H,2-11H2,1H3,(H,17,21). The summed E-state index contributed by atoms with van der Waals surface area (Å²) in [4.78, 5) is 26.0. The number of hydrogen-bond acceptors (Lipinski definition) is 3. The zero-order chi connectivity index (χ0) is 15.2. The van der Waals surface area contributed by atoms with Crippen LogP contribution >= 0.6 is 0 Å². The first-order valence-electron chi connectivity index (χ1n) is 8.35. The molecule has 0 aromatic rings. The lowest BCUT2D eigenvalue weighted by Gasteiger charge is -2.32. The fraction of sp³-hybridized carbons (Fsp3) is 0.875. The van der Waals surface area contributed by atoms with Crippen molar-refractivity contribution in [2.24, 2.45) is 11.8 Å². The summed E-state index contributed by atoms with van der Waals surface area (Å²) in [6.45, 7) is 3.90. The van der Waals surface area contributed by atoms with Gasteiger partial charge >= 0.3 is 0 Å². The number of piperidine rings is 1. The van der Waals surface area contributed by atoms with Crippen molar-refractivity contribution in [2.75, 3.05) is 19.6 Å². The van der Waals surface area contributed by atoms with E-state index in [1.54, 1.807) is 0 Å². The van der Waals surface area contributed by atoms with Gasteiger partial charge in [-0.2, -0.15) is 0 Å². The molecule has 0 aromatic heterocycles. The SMILES string of the molecule is CCCC(=O)N1CCCC(C(=O)NCC2CCCC2O)C1. The molecule has 0 aromatic carbocycles. The summed E-state index contributed by atoms with van der Waals surface area (Å²) in [5.41, 5.74) is 0. The molecule has 3 atom stereocenters. The van der Waals surface area contributed by atoms with E-state index in [1.807, 2.05) is 11.8 Å². The number of aliphatic hydroxyl groups is 1. The summed E-state index contributed by atoms with van der Waals surface area (Å²) in [6, 6.07) is 0. The summed E-state index contributed by atoms with van der Waals surface area (Å²) in [5, 5.41) is 12.8. The van der Waals surface area contributed by atoms with Crippen LogP contribution in [-0.4, -0.2) is 47.6 Å². The summed E-state index contributed by atoms with van der Waals surface area (Å²) in [5.74, 6) is 0.331. The molecule has 2 fully saturated rings. The van der Waals surface area contributed by atoms with Crippen LogP contribution in [0.2, 0.25) is 0 Å². The average Bonchev–Trinajstić information content (AvgIpc) is 2.90. The van der Waals surface area contributed by atoms with Gasteiger partial charge in [0.15, 0.2) is 0 Å². The molecule has 1 aliphatic heterocycles. The van der Waals surface area contributed by atoms with Crippen LogP contribution in [0.3, 0.4) is 0 Å². The Morgan fingerprint density at radius 2 is 2.05 bits per heavy atom. The Labute approximate surface area is 127 Å². The average molecular weight is 296 g/mol. The second kappa shape index (κ2) is 7.78. The van der Waals surface area contributed by atoms with Gasteiger partial charge in [-0.15, -0.1) is 0 Å². The molecule has 2 rings (SSSR count). The normalized spacial score (nSPS) is 29.4. The Morgan fingerprint density at radius 3 is 2.71 bits per heavy atom. The molecule has 2 N–H and O–H groups in total. The number of carbonyl (C=O) groups is 2. The summed E-state index contributed by atoms with van der Waals surface area (Å²) in [7, 11) is 0. The zero-order valence-corrected chi connectivity index (χ0v) is 13.0. The number of amides is 2. The van der Waals surface area contributed by atoms with Crippen LogP contribution < -0.4 is 5.32 Å². The Kier molecular flexibility index (Phi) is 6.03. The quantitative estimate of drug-likeness (QED) is 0.803. The molecular weight excluding hydrogens is 268 g/mol. The van der Waals surface area contributed by atoms with Gasteiger partial charge in [-0.05, 0) is 32.1 Å². The first-order chi connectivity index (χ1) is 10.1. The first kappa shape index (κ1) is 16.3. The summed E-state index contributed by atoms with van der Waals surface area (Å²) >= 11 is 0. The third-order valence-electron chi connectivity index (χ3n) is 4.77. The predicted octanol–water partition coefficient (Wildman–Crippen LogP) is 1.30. The highest BCUT2D eigenvalue weighted by atomic mass is 16.3. The highest BCUT2D eigenvalue weighted by Crippen LogP contribution is 2.25. The molecule has 3 unspecified atom stereocenters. The molecule has 1 saturated carbocycles. The lowest BCUT2D eigenvalue weighted by Crippen LogP contribution is -2.46. The van der Waals surface area contributed by atoms with Gasteiger partial charge in [0.25, 0.3) is 0 Å². The van der Waals surface area contributed by atoms with Crippen molar-refractivity contribution in [2.45, 2.75) is 58.0 Å². The van der Waals surface area contributed by atoms with E-state index in [9.17, 15) is 14.7 Å². The van der Waals surface area contributed by atoms with E-state index in [-0.39, 0.29) is 29.8 Å². The van der Waals surface area contributed by atoms with Crippen LogP contribution in [0.1, 0.15) is 51.9 Å². The van der Waals surface area contributed by atoms with Crippen molar-refractivity contribution in [3.8, 4) is 0 Å². The molecule has 0 spiro atoms. The van der Waals surface area contributed by atoms with Gasteiger partial charge in [-0.1, -0.05) is 13.3 Å². The predicted molar refractivity (Wildman–Crippen MR) is 80.6 cm³/mol. The lowest BCUT2D eigenvalue weighted by molar-refractivity contribution is -0.135. The number of hydrogen-bond donors (Lipinski definition) is 2. The van der Waals surface area contributed by atoms with Crippen molar-refractivity contribution in [3.63, 3.8) is 0 Å². The fourth-order valence-electron chi connectivity index (χ4n) is 3.42. The topological polar surface area (TPSA) is 69.6 Å². The molecule has 0 bridgehead atoms. The van der Waals surface area contributed by atoms with Gasteiger partial charge in [0.1, 0.15) is 0 Å². The smallest absolute Gasteiger partial charge is 0.224 e. The van der Waals surface area contributed by atoms with Gasteiger partial charge < -0.3 is 15.3 Å². The molecule has 1 aliphatic carbocycles. The molecule has 21 heavy (non-hydrogen) atoms. The monoisotopic (exact) mass is 296 g/mol. The third kappa shape index (κ3) is 4.43. The Bertz CT molecular complexity index is 373. The highest BCUT2D eigenvalue weighted by molar-refractivity contribution is 5.81. The minimum Gasteiger partial charge on any atom is -0.393 e. The van der Waals surface area contributed by atoms with Crippen LogP contribution in [0, 0.1) is 11.8 Å². The first-order valence-corrected chi connectivity index (χ1v) is 8.35. The highest BCUT2D eigenvalue weighted by Gasteiger charge is 2.30. The van der Waals surface area contributed by atoms with Crippen LogP contribution in [-0.2, 0) is 9.59 Å². The van der Waals surface area contributed by atoms with Crippen molar-refractivity contribution in [1.29, 1.82) is 0 Å². The van der Waals surface area contributed by atoms with E-state index in [0.29, 0.717) is 19.5 Å². The molecule has 5 nitrogen and oxygen atoms in total. The maximum atomic E-state index is 12.3. The number of aliphatic hydroxyl groups excluding tert-OH is 1. The number of likely N-dealkylation sites (tertiary alicyclic amines) is 1. The maximum Gasteiger partial charge on any atom is 0.224 e. The lowest BCUT2D eigenvalue weighted by atomic mass is 9.96. The molecule has 2 amide bonds. The largest absolute Gasteiger partial charge is 0.393 e. The van der Waals surface area contributed by atoms with Crippen molar-refractivity contribution in [3.05, 3.63) is 0 Å². The number of rotatable bonds is 5. The Balaban J connectivity index is 1.77. The molecule has 1 heterocycles. The van der Waals surface area contributed by atoms with Crippen LogP contribution in [0.5, 0.6) is 0 Å². The zero-order valence-electron chi connectivity index (χ0n) is 13.0. The van der Waals surface area contributed by atoms with Crippen LogP contribution in [0.25, 0.3) is 0 Å². The van der Waals surface area contributed by atoms with E-state index in [0.717, 1.165) is 45.1 Å². The van der Waals surface area contributed by atoms with Gasteiger partial charge in [0, 0.05) is 32.0 Å². The van der Waals surface area contributed by atoms with Crippen molar-refractivity contribution >= 4 is 11.8 Å². The van der Waals surface area contributed by atoms with Crippen LogP contribution in [0.15, 0.2) is 0 Å². The van der Waals surface area contributed by atoms with Gasteiger partial charge in [-0.3, -0.25) is 9.59 Å². The molecule has 120 valence electrons. The Hall–Kier alpha value is -1.10. The minimum atomic E-state index is -0.265. The summed E-state index contributed by atoms with van der Waals surface area (Å²) < 4.78 is 0. The third-order valence-corrected chi connectivity index (χ3v) is 4.77. The molecule has 2 aliphatic rings. The molecular formula is C16H28N2O3. The van der Waals surface area contributed by atoms with E-state index >= 15 is 0 Å². The second-order valence-electron chi connectivity index (χ2n) is 6.43. The van der Waals surface area contributed by atoms with E-state index in [4.69, 9.17) is 0 Å². The van der Waals surface area contributed by atoms with Gasteiger partial charge in [-0.25, -0.2) is 0 Å². The number of carbonyl (C=O) groups excluding carboxylic acids is 2. The van der Waals surface area contributed by atoms with Gasteiger partial charge in [0.2, 0.25) is 11.8 Å². The number of nitrogens with one attached hydrogen (secondary N) is 1. The molecule has 5 heteroatoms. The van der Waals surface area contributed by atoms with E-state index in [1.165, 1.54) is 0 Å². The minimum absolute atomic E-state index is 0.0445. The van der Waals surface area contributed by atoms with E-state index < -0.39 is 0 Å². The van der Waals surface area contributed by atoms with Gasteiger partial charge in [0.05, 0.1) is 12.0 Å². The fourth-order valence-corrected chi connectivity index (χ4v) is 3.42. The van der Waals surface area contributed by atoms with E-state index in [2.05, 4.69) is 5.32 Å². The maximum absolute atomic E-state index is 12.3. The Morgan fingerprint density at radius 1 is 1.24 bits per heavy atom.